The highest BCUT2D eigenvalue weighted by molar-refractivity contribution is 8.04. The lowest BCUT2D eigenvalue weighted by Crippen LogP contribution is -2.10. The van der Waals surface area contributed by atoms with E-state index in [0.29, 0.717) is 0 Å². The Morgan fingerprint density at radius 3 is 1.82 bits per heavy atom. The lowest BCUT2D eigenvalue weighted by molar-refractivity contribution is 1.12. The summed E-state index contributed by atoms with van der Waals surface area (Å²) in [4.78, 5) is 6.97. The molecule has 4 rings (SSSR count). The smallest absolute Gasteiger partial charge is 0.0985 e. The second-order valence-corrected chi connectivity index (χ2v) is 8.12. The van der Waals surface area contributed by atoms with Crippen LogP contribution in [0.1, 0.15) is 5.56 Å². The van der Waals surface area contributed by atoms with Crippen LogP contribution in [0, 0.1) is 0 Å². The summed E-state index contributed by atoms with van der Waals surface area (Å²) in [7, 11) is -0.0233. The maximum atomic E-state index is 3.84. The van der Waals surface area contributed by atoms with Gasteiger partial charge in [0.2, 0.25) is 0 Å². The van der Waals surface area contributed by atoms with E-state index in [9.17, 15) is 0 Å². The fourth-order valence-electron chi connectivity index (χ4n) is 2.64. The number of rotatable bonds is 2. The zero-order valence-corrected chi connectivity index (χ0v) is 13.7. The van der Waals surface area contributed by atoms with E-state index in [4.69, 9.17) is 0 Å². The molecule has 0 aromatic heterocycles. The van der Waals surface area contributed by atoms with E-state index in [1.165, 1.54) is 30.0 Å². The monoisotopic (exact) mass is 319 g/mol. The third-order valence-corrected chi connectivity index (χ3v) is 7.46. The van der Waals surface area contributed by atoms with E-state index in [2.05, 4.69) is 79.4 Å². The second-order valence-electron chi connectivity index (χ2n) is 5.07. The summed E-state index contributed by atoms with van der Waals surface area (Å²) in [5.41, 5.74) is 1.17. The lowest BCUT2D eigenvalue weighted by atomic mass is 10.2. The Balaban J connectivity index is 1.92. The molecule has 106 valence electrons. The molecule has 0 nitrogen and oxygen atoms in total. The first-order chi connectivity index (χ1) is 10.9. The molecular formula is C20H15S2+. The van der Waals surface area contributed by atoms with E-state index < -0.39 is 0 Å². The number of hydrogen-bond acceptors (Lipinski definition) is 1. The topological polar surface area (TPSA) is 0 Å². The molecule has 0 bridgehead atoms. The average Bonchev–Trinajstić information content (AvgIpc) is 2.60. The van der Waals surface area contributed by atoms with Crippen molar-refractivity contribution in [2.75, 3.05) is 0 Å². The average molecular weight is 319 g/mol. The molecule has 1 aliphatic rings. The molecule has 0 atom stereocenters. The molecule has 0 aliphatic carbocycles. The molecule has 0 radical (unpaired) electrons. The van der Waals surface area contributed by atoms with Crippen molar-refractivity contribution in [3.63, 3.8) is 0 Å². The summed E-state index contributed by atoms with van der Waals surface area (Å²) in [6, 6.07) is 26.3. The molecule has 0 spiro atoms. The summed E-state index contributed by atoms with van der Waals surface area (Å²) >= 11 is 1.88. The fraction of sp³-hybridized carbons (Fsp3) is 0. The first kappa shape index (κ1) is 13.7. The fourth-order valence-corrected chi connectivity index (χ4v) is 6.38. The quantitative estimate of drug-likeness (QED) is 0.415. The van der Waals surface area contributed by atoms with Gasteiger partial charge in [0.25, 0.3) is 0 Å². The highest BCUT2D eigenvalue weighted by Gasteiger charge is 2.37. The molecular weight excluding hydrogens is 304 g/mol. The van der Waals surface area contributed by atoms with Crippen molar-refractivity contribution in [2.24, 2.45) is 0 Å². The summed E-state index contributed by atoms with van der Waals surface area (Å²) < 4.78 is 0. The molecule has 0 unspecified atom stereocenters. The van der Waals surface area contributed by atoms with E-state index in [1.807, 2.05) is 17.8 Å². The second kappa shape index (κ2) is 5.71. The Bertz CT molecular complexity index is 789. The van der Waals surface area contributed by atoms with Crippen molar-refractivity contribution < 1.29 is 0 Å². The third-order valence-electron chi connectivity index (χ3n) is 3.71. The van der Waals surface area contributed by atoms with Crippen molar-refractivity contribution in [3.8, 4) is 0 Å². The first-order valence-corrected chi connectivity index (χ1v) is 9.23. The molecule has 0 saturated carbocycles. The molecule has 0 N–H and O–H groups in total. The van der Waals surface area contributed by atoms with Crippen LogP contribution in [0.3, 0.4) is 0 Å². The van der Waals surface area contributed by atoms with Crippen LogP contribution in [-0.4, -0.2) is 0 Å². The maximum Gasteiger partial charge on any atom is 0.180 e. The van der Waals surface area contributed by atoms with Crippen molar-refractivity contribution in [1.82, 2.24) is 0 Å². The molecule has 22 heavy (non-hydrogen) atoms. The van der Waals surface area contributed by atoms with Gasteiger partial charge in [-0.05, 0) is 54.1 Å². The molecule has 2 heteroatoms. The highest BCUT2D eigenvalue weighted by atomic mass is 32.2. The van der Waals surface area contributed by atoms with Gasteiger partial charge in [0.15, 0.2) is 14.7 Å². The predicted molar refractivity (Wildman–Crippen MR) is 95.7 cm³/mol. The van der Waals surface area contributed by atoms with E-state index in [0.717, 1.165) is 0 Å². The van der Waals surface area contributed by atoms with E-state index in [1.54, 1.807) is 0 Å². The Labute approximate surface area is 138 Å². The molecule has 1 aliphatic heterocycles. The van der Waals surface area contributed by atoms with Gasteiger partial charge in [-0.3, -0.25) is 0 Å². The van der Waals surface area contributed by atoms with Crippen molar-refractivity contribution in [2.45, 2.75) is 24.5 Å². The Morgan fingerprint density at radius 2 is 1.27 bits per heavy atom. The van der Waals surface area contributed by atoms with Crippen LogP contribution >= 0.6 is 11.8 Å². The zero-order valence-electron chi connectivity index (χ0n) is 12.0. The van der Waals surface area contributed by atoms with Gasteiger partial charge in [-0.25, -0.2) is 0 Å². The van der Waals surface area contributed by atoms with Gasteiger partial charge in [-0.1, -0.05) is 48.7 Å². The number of fused-ring (bicyclic) bond motifs is 2. The largest absolute Gasteiger partial charge is 0.180 e. The van der Waals surface area contributed by atoms with Gasteiger partial charge >= 0.3 is 0 Å². The molecule has 0 amide bonds. The van der Waals surface area contributed by atoms with Gasteiger partial charge in [0.05, 0.1) is 9.79 Å². The first-order valence-electron chi connectivity index (χ1n) is 7.19. The minimum absolute atomic E-state index is 0.0233. The highest BCUT2D eigenvalue weighted by Crippen LogP contribution is 2.47. The zero-order chi connectivity index (χ0) is 14.9. The van der Waals surface area contributed by atoms with E-state index in [-0.39, 0.29) is 10.9 Å². The SMILES string of the molecule is C=Cc1ccc([S+]2c3ccccc3Sc3ccccc32)cc1. The summed E-state index contributed by atoms with van der Waals surface area (Å²) in [6.45, 7) is 3.84. The predicted octanol–water partition coefficient (Wildman–Crippen LogP) is 5.89. The number of hydrogen-bond donors (Lipinski definition) is 0. The molecule has 1 heterocycles. The van der Waals surface area contributed by atoms with Crippen LogP contribution in [0.4, 0.5) is 0 Å². The molecule has 3 aromatic rings. The lowest BCUT2D eigenvalue weighted by Gasteiger charge is -2.18. The Morgan fingerprint density at radius 1 is 0.727 bits per heavy atom. The van der Waals surface area contributed by atoms with Crippen molar-refractivity contribution in [1.29, 1.82) is 0 Å². The molecule has 0 fully saturated rings. The molecule has 0 saturated heterocycles. The third kappa shape index (κ3) is 2.29. The van der Waals surface area contributed by atoms with E-state index >= 15 is 0 Å². The van der Waals surface area contributed by atoms with Crippen LogP contribution in [0.5, 0.6) is 0 Å². The van der Waals surface area contributed by atoms with Gasteiger partial charge in [0, 0.05) is 0 Å². The van der Waals surface area contributed by atoms with Crippen LogP contribution in [0.25, 0.3) is 6.08 Å². The van der Waals surface area contributed by atoms with Gasteiger partial charge in [-0.2, -0.15) is 0 Å². The number of benzene rings is 3. The maximum absolute atomic E-state index is 3.84. The van der Waals surface area contributed by atoms with Gasteiger partial charge in [0.1, 0.15) is 10.9 Å². The Kier molecular flexibility index (Phi) is 3.57. The minimum Gasteiger partial charge on any atom is -0.0985 e. The van der Waals surface area contributed by atoms with Crippen molar-refractivity contribution in [3.05, 3.63) is 84.9 Å². The van der Waals surface area contributed by atoms with Gasteiger partial charge < -0.3 is 0 Å². The normalized spacial score (nSPS) is 13.3. The standard InChI is InChI=1S/C20H15S2/c1-2-15-11-13-16(14-12-15)22-19-9-5-3-7-17(19)21-18-8-4-6-10-20(18)22/h2-14H,1H2/q+1. The van der Waals surface area contributed by atoms with Crippen LogP contribution < -0.4 is 0 Å². The van der Waals surface area contributed by atoms with Crippen LogP contribution in [-0.2, 0) is 10.9 Å². The van der Waals surface area contributed by atoms with Gasteiger partial charge in [-0.15, -0.1) is 0 Å². The Hall–Kier alpha value is -1.90. The van der Waals surface area contributed by atoms with Crippen molar-refractivity contribution >= 4 is 28.7 Å². The molecule has 3 aromatic carbocycles. The minimum atomic E-state index is -0.0233. The van der Waals surface area contributed by atoms with Crippen LogP contribution in [0.2, 0.25) is 0 Å². The summed E-state index contributed by atoms with van der Waals surface area (Å²) in [5.74, 6) is 0. The summed E-state index contributed by atoms with van der Waals surface area (Å²) in [5, 5.41) is 0. The summed E-state index contributed by atoms with van der Waals surface area (Å²) in [6.07, 6.45) is 1.89. The van der Waals surface area contributed by atoms with Crippen LogP contribution in [0.15, 0.2) is 104 Å².